The van der Waals surface area contributed by atoms with E-state index < -0.39 is 0 Å². The summed E-state index contributed by atoms with van der Waals surface area (Å²) in [5, 5.41) is 0.610. The standard InChI is InChI=1S/C27H25N3O4S.ClH/c1-29(2)12-13-30(27-28-21-16-22-23(17-24(21)35-27)34-15-14-33-22)26(32)20-10-8-19(9-11-20)25(31)18-6-4-3-5-7-18;/h3-11,16-17H,12-15H2,1-2H3;1H/p-1. The van der Waals surface area contributed by atoms with Crippen LogP contribution in [0.15, 0.2) is 66.7 Å². The summed E-state index contributed by atoms with van der Waals surface area (Å²) in [6.45, 7) is 2.17. The first kappa shape index (κ1) is 25.6. The molecule has 7 nitrogen and oxygen atoms in total. The highest BCUT2D eigenvalue weighted by atomic mass is 35.5. The molecule has 0 bridgehead atoms. The Bertz CT molecular complexity index is 1330. The molecule has 5 rings (SSSR count). The first-order valence-electron chi connectivity index (χ1n) is 11.4. The van der Waals surface area contributed by atoms with Crippen LogP contribution in [-0.2, 0) is 0 Å². The number of hydrogen-bond donors (Lipinski definition) is 0. The van der Waals surface area contributed by atoms with Gasteiger partial charge in [-0.1, -0.05) is 53.8 Å². The molecule has 0 radical (unpaired) electrons. The predicted molar refractivity (Wildman–Crippen MR) is 137 cm³/mol. The number of aromatic nitrogens is 1. The number of fused-ring (bicyclic) bond motifs is 2. The zero-order chi connectivity index (χ0) is 24.4. The number of amides is 1. The van der Waals surface area contributed by atoms with Gasteiger partial charge in [0.1, 0.15) is 13.2 Å². The van der Waals surface area contributed by atoms with Gasteiger partial charge in [0.2, 0.25) is 0 Å². The third-order valence-corrected chi connectivity index (χ3v) is 6.76. The molecule has 1 aliphatic heterocycles. The molecule has 1 aliphatic rings. The fourth-order valence-corrected chi connectivity index (χ4v) is 4.83. The van der Waals surface area contributed by atoms with Crippen molar-refractivity contribution in [1.82, 2.24) is 9.88 Å². The second-order valence-corrected chi connectivity index (χ2v) is 9.50. The number of carbonyl (C=O) groups is 2. The normalized spacial score (nSPS) is 12.3. The minimum atomic E-state index is -0.165. The van der Waals surface area contributed by atoms with Crippen LogP contribution in [0.5, 0.6) is 11.5 Å². The Balaban J connectivity index is 0.00000304. The lowest BCUT2D eigenvalue weighted by atomic mass is 10.0. The number of ether oxygens (including phenoxy) is 2. The summed E-state index contributed by atoms with van der Waals surface area (Å²) < 4.78 is 12.3. The maximum atomic E-state index is 13.6. The van der Waals surface area contributed by atoms with Gasteiger partial charge >= 0.3 is 0 Å². The van der Waals surface area contributed by atoms with E-state index in [1.807, 2.05) is 49.3 Å². The van der Waals surface area contributed by atoms with Crippen molar-refractivity contribution in [2.75, 3.05) is 45.3 Å². The highest BCUT2D eigenvalue weighted by Gasteiger charge is 2.23. The minimum absolute atomic E-state index is 0. The van der Waals surface area contributed by atoms with Crippen molar-refractivity contribution < 1.29 is 31.5 Å². The third-order valence-electron chi connectivity index (χ3n) is 5.72. The van der Waals surface area contributed by atoms with E-state index in [-0.39, 0.29) is 24.1 Å². The molecule has 0 N–H and O–H groups in total. The zero-order valence-electron chi connectivity index (χ0n) is 19.9. The topological polar surface area (TPSA) is 72.0 Å². The number of thiazole rings is 1. The Hall–Kier alpha value is -3.46. The Morgan fingerprint density at radius 1 is 0.861 bits per heavy atom. The van der Waals surface area contributed by atoms with E-state index in [1.54, 1.807) is 41.3 Å². The van der Waals surface area contributed by atoms with Crippen LogP contribution in [0.4, 0.5) is 5.13 Å². The number of carbonyl (C=O) groups excluding carboxylic acids is 2. The molecule has 0 spiro atoms. The molecule has 1 aromatic heterocycles. The van der Waals surface area contributed by atoms with E-state index in [1.165, 1.54) is 11.3 Å². The van der Waals surface area contributed by atoms with Crippen molar-refractivity contribution in [3.8, 4) is 11.5 Å². The monoisotopic (exact) mass is 522 g/mol. The number of benzene rings is 3. The van der Waals surface area contributed by atoms with Crippen LogP contribution >= 0.6 is 11.3 Å². The van der Waals surface area contributed by atoms with Crippen LogP contribution < -0.4 is 26.8 Å². The molecule has 36 heavy (non-hydrogen) atoms. The SMILES string of the molecule is CN(C)CCN(C(=O)c1ccc(C(=O)c2ccccc2)cc1)c1nc2cc3c(cc2s1)OCCO3.[Cl-]. The van der Waals surface area contributed by atoms with Crippen molar-refractivity contribution in [3.05, 3.63) is 83.4 Å². The van der Waals surface area contributed by atoms with Crippen LogP contribution in [-0.4, -0.2) is 62.0 Å². The van der Waals surface area contributed by atoms with E-state index in [9.17, 15) is 9.59 Å². The summed E-state index contributed by atoms with van der Waals surface area (Å²) in [5.41, 5.74) is 2.42. The van der Waals surface area contributed by atoms with Gasteiger partial charge in [0.15, 0.2) is 22.4 Å². The molecule has 0 aliphatic carbocycles. The van der Waals surface area contributed by atoms with Gasteiger partial charge in [-0.2, -0.15) is 0 Å². The van der Waals surface area contributed by atoms with Crippen molar-refractivity contribution in [2.45, 2.75) is 0 Å². The summed E-state index contributed by atoms with van der Waals surface area (Å²) in [6.07, 6.45) is 0. The lowest BCUT2D eigenvalue weighted by Gasteiger charge is -2.22. The largest absolute Gasteiger partial charge is 1.00 e. The maximum absolute atomic E-state index is 13.6. The lowest BCUT2D eigenvalue weighted by molar-refractivity contribution is -0.0000223. The van der Waals surface area contributed by atoms with E-state index in [4.69, 9.17) is 14.5 Å². The van der Waals surface area contributed by atoms with Crippen molar-refractivity contribution >= 4 is 38.4 Å². The summed E-state index contributed by atoms with van der Waals surface area (Å²) in [4.78, 5) is 34.8. The maximum Gasteiger partial charge on any atom is 0.260 e. The average Bonchev–Trinajstić information content (AvgIpc) is 3.29. The molecule has 0 atom stereocenters. The molecule has 0 saturated carbocycles. The van der Waals surface area contributed by atoms with E-state index in [0.29, 0.717) is 59.6 Å². The van der Waals surface area contributed by atoms with E-state index in [0.717, 1.165) is 10.2 Å². The Labute approximate surface area is 219 Å². The smallest absolute Gasteiger partial charge is 0.260 e. The van der Waals surface area contributed by atoms with Gasteiger partial charge in [-0.3, -0.25) is 14.5 Å². The average molecular weight is 523 g/mol. The quantitative estimate of drug-likeness (QED) is 0.343. The summed E-state index contributed by atoms with van der Waals surface area (Å²) >= 11 is 1.44. The molecule has 0 fully saturated rings. The highest BCUT2D eigenvalue weighted by molar-refractivity contribution is 7.22. The van der Waals surface area contributed by atoms with E-state index in [2.05, 4.69) is 0 Å². The van der Waals surface area contributed by atoms with Gasteiger partial charge in [-0.25, -0.2) is 4.98 Å². The fraction of sp³-hybridized carbons (Fsp3) is 0.222. The van der Waals surface area contributed by atoms with Gasteiger partial charge in [-0.15, -0.1) is 0 Å². The number of ketones is 1. The summed E-state index contributed by atoms with van der Waals surface area (Å²) in [7, 11) is 3.93. The summed E-state index contributed by atoms with van der Waals surface area (Å²) in [5.74, 6) is 1.13. The van der Waals surface area contributed by atoms with Crippen LogP contribution in [0.2, 0.25) is 0 Å². The van der Waals surface area contributed by atoms with Crippen LogP contribution in [0.1, 0.15) is 26.3 Å². The molecule has 4 aromatic rings. The summed E-state index contributed by atoms with van der Waals surface area (Å²) in [6, 6.07) is 19.7. The number of nitrogens with zero attached hydrogens (tertiary/aromatic N) is 3. The Kier molecular flexibility index (Phi) is 7.88. The molecular formula is C27H25ClN3O4S-. The molecule has 9 heteroatoms. The Morgan fingerprint density at radius 2 is 1.47 bits per heavy atom. The first-order chi connectivity index (χ1) is 17.0. The van der Waals surface area contributed by atoms with Gasteiger partial charge in [0, 0.05) is 41.9 Å². The predicted octanol–water partition coefficient (Wildman–Crippen LogP) is 1.51. The number of likely N-dealkylation sites (N-methyl/N-ethyl adjacent to an activating group) is 1. The number of hydrogen-bond acceptors (Lipinski definition) is 7. The molecule has 1 amide bonds. The Morgan fingerprint density at radius 3 is 2.14 bits per heavy atom. The molecule has 0 unspecified atom stereocenters. The van der Waals surface area contributed by atoms with Crippen molar-refractivity contribution in [1.29, 1.82) is 0 Å². The lowest BCUT2D eigenvalue weighted by Crippen LogP contribution is -3.00. The van der Waals surface area contributed by atoms with Gasteiger partial charge in [0.25, 0.3) is 5.91 Å². The third kappa shape index (κ3) is 5.36. The van der Waals surface area contributed by atoms with Gasteiger partial charge in [0.05, 0.1) is 10.2 Å². The highest BCUT2D eigenvalue weighted by Crippen LogP contribution is 2.39. The minimum Gasteiger partial charge on any atom is -1.00 e. The molecule has 186 valence electrons. The number of rotatable bonds is 7. The second kappa shape index (κ2) is 11.1. The van der Waals surface area contributed by atoms with Crippen LogP contribution in [0.25, 0.3) is 10.2 Å². The van der Waals surface area contributed by atoms with Crippen molar-refractivity contribution in [3.63, 3.8) is 0 Å². The molecule has 0 saturated heterocycles. The molecule has 2 heterocycles. The van der Waals surface area contributed by atoms with Crippen molar-refractivity contribution in [2.24, 2.45) is 0 Å². The van der Waals surface area contributed by atoms with Gasteiger partial charge in [-0.05, 0) is 26.2 Å². The van der Waals surface area contributed by atoms with E-state index >= 15 is 0 Å². The number of halogens is 1. The zero-order valence-corrected chi connectivity index (χ0v) is 21.5. The molecular weight excluding hydrogens is 498 g/mol. The van der Waals surface area contributed by atoms with Gasteiger partial charge < -0.3 is 26.8 Å². The first-order valence-corrected chi connectivity index (χ1v) is 12.2. The van der Waals surface area contributed by atoms with Crippen LogP contribution in [0.3, 0.4) is 0 Å². The second-order valence-electron chi connectivity index (χ2n) is 8.49. The van der Waals surface area contributed by atoms with Crippen LogP contribution in [0, 0.1) is 0 Å². The number of anilines is 1. The fourth-order valence-electron chi connectivity index (χ4n) is 3.83. The molecule has 3 aromatic carbocycles.